The number of aromatic nitrogens is 2. The first-order valence-corrected chi connectivity index (χ1v) is 8.67. The summed E-state index contributed by atoms with van der Waals surface area (Å²) in [6.07, 6.45) is 6.84. The van der Waals surface area contributed by atoms with Crippen molar-refractivity contribution in [2.24, 2.45) is 0 Å². The van der Waals surface area contributed by atoms with Gasteiger partial charge in [-0.2, -0.15) is 0 Å². The van der Waals surface area contributed by atoms with Gasteiger partial charge in [0.1, 0.15) is 5.69 Å². The largest absolute Gasteiger partial charge is 0.335 e. The van der Waals surface area contributed by atoms with Crippen LogP contribution in [0.5, 0.6) is 0 Å². The lowest BCUT2D eigenvalue weighted by Crippen LogP contribution is -2.41. The molecule has 0 saturated heterocycles. The van der Waals surface area contributed by atoms with Crippen LogP contribution in [-0.2, 0) is 11.3 Å². The molecular formula is C18H17ClN4O2. The van der Waals surface area contributed by atoms with Gasteiger partial charge in [0, 0.05) is 48.7 Å². The van der Waals surface area contributed by atoms with Crippen molar-refractivity contribution in [3.05, 3.63) is 53.1 Å². The van der Waals surface area contributed by atoms with Gasteiger partial charge in [-0.3, -0.25) is 14.6 Å². The quantitative estimate of drug-likeness (QED) is 0.829. The fourth-order valence-corrected chi connectivity index (χ4v) is 3.36. The molecule has 0 unspecified atom stereocenters. The van der Waals surface area contributed by atoms with Crippen molar-refractivity contribution >= 4 is 29.1 Å². The van der Waals surface area contributed by atoms with Crippen molar-refractivity contribution in [1.29, 1.82) is 0 Å². The van der Waals surface area contributed by atoms with Crippen LogP contribution >= 0.6 is 11.6 Å². The second-order valence-corrected chi connectivity index (χ2v) is 6.76. The van der Waals surface area contributed by atoms with E-state index in [9.17, 15) is 9.59 Å². The lowest BCUT2D eigenvalue weighted by Gasteiger charge is -2.32. The second kappa shape index (κ2) is 6.44. The minimum atomic E-state index is -0.260. The molecule has 128 valence electrons. The molecule has 2 amide bonds. The number of carbonyl (C=O) groups is 2. The average Bonchev–Trinajstić information content (AvgIpc) is 3.45. The van der Waals surface area contributed by atoms with Gasteiger partial charge in [-0.15, -0.1) is 0 Å². The zero-order valence-electron chi connectivity index (χ0n) is 13.6. The molecule has 0 bridgehead atoms. The van der Waals surface area contributed by atoms with Gasteiger partial charge in [-0.1, -0.05) is 11.6 Å². The summed E-state index contributed by atoms with van der Waals surface area (Å²) in [5.74, 6) is -0.186. The van der Waals surface area contributed by atoms with Crippen molar-refractivity contribution in [2.45, 2.75) is 31.8 Å². The number of hydrogen-bond donors (Lipinski definition) is 0. The Morgan fingerprint density at radius 3 is 2.80 bits per heavy atom. The van der Waals surface area contributed by atoms with E-state index in [-0.39, 0.29) is 17.5 Å². The number of rotatable bonds is 2. The molecule has 6 nitrogen and oxygen atoms in total. The molecular weight excluding hydrogens is 340 g/mol. The standard InChI is InChI=1S/C18H17ClN4O2/c19-13-1-4-16-12(9-13)11-23(14-2-3-14)17(24)5-8-22(16)18(25)15-10-20-6-7-21-15/h1,4,6-7,9-10,14H,2-3,5,8,11H2. The Bertz CT molecular complexity index is 823. The maximum atomic E-state index is 12.9. The number of nitrogens with zero attached hydrogens (tertiary/aromatic N) is 4. The van der Waals surface area contributed by atoms with Crippen molar-refractivity contribution in [3.63, 3.8) is 0 Å². The van der Waals surface area contributed by atoms with Crippen LogP contribution in [0.4, 0.5) is 5.69 Å². The normalized spacial score (nSPS) is 17.7. The van der Waals surface area contributed by atoms with E-state index in [1.807, 2.05) is 17.0 Å². The summed E-state index contributed by atoms with van der Waals surface area (Å²) in [6, 6.07) is 5.76. The molecule has 2 heterocycles. The molecule has 1 aromatic heterocycles. The van der Waals surface area contributed by atoms with Gasteiger partial charge < -0.3 is 9.80 Å². The Kier molecular flexibility index (Phi) is 4.13. The number of anilines is 1. The Morgan fingerprint density at radius 2 is 2.08 bits per heavy atom. The van der Waals surface area contributed by atoms with E-state index in [4.69, 9.17) is 11.6 Å². The predicted octanol–water partition coefficient (Wildman–Crippen LogP) is 2.67. The summed E-state index contributed by atoms with van der Waals surface area (Å²) in [4.78, 5) is 37.1. The fraction of sp³-hybridized carbons (Fsp3) is 0.333. The summed E-state index contributed by atoms with van der Waals surface area (Å²) in [5.41, 5.74) is 1.92. The smallest absolute Gasteiger partial charge is 0.278 e. The van der Waals surface area contributed by atoms with E-state index in [0.29, 0.717) is 30.6 Å². The molecule has 1 aliphatic heterocycles. The van der Waals surface area contributed by atoms with Crippen LogP contribution in [0, 0.1) is 0 Å². The first-order chi connectivity index (χ1) is 12.1. The SMILES string of the molecule is O=C(c1cnccn1)N1CCC(=O)N(C2CC2)Cc2cc(Cl)ccc21. The van der Waals surface area contributed by atoms with Gasteiger partial charge in [0.25, 0.3) is 5.91 Å². The molecule has 1 aromatic carbocycles. The number of halogens is 1. The molecule has 2 aromatic rings. The molecule has 4 rings (SSSR count). The molecule has 0 spiro atoms. The first-order valence-electron chi connectivity index (χ1n) is 8.29. The third-order valence-electron chi connectivity index (χ3n) is 4.56. The Morgan fingerprint density at radius 1 is 1.24 bits per heavy atom. The molecule has 2 aliphatic rings. The molecule has 0 N–H and O–H groups in total. The lowest BCUT2D eigenvalue weighted by atomic mass is 10.1. The summed E-state index contributed by atoms with van der Waals surface area (Å²) in [6.45, 7) is 0.787. The number of benzene rings is 1. The van der Waals surface area contributed by atoms with Crippen LogP contribution in [0.1, 0.15) is 35.3 Å². The third kappa shape index (κ3) is 3.22. The van der Waals surface area contributed by atoms with E-state index in [2.05, 4.69) is 9.97 Å². The summed E-state index contributed by atoms with van der Waals surface area (Å²) in [7, 11) is 0. The molecule has 1 fully saturated rings. The summed E-state index contributed by atoms with van der Waals surface area (Å²) < 4.78 is 0. The lowest BCUT2D eigenvalue weighted by molar-refractivity contribution is -0.132. The van der Waals surface area contributed by atoms with Crippen molar-refractivity contribution in [2.75, 3.05) is 11.4 Å². The van der Waals surface area contributed by atoms with E-state index < -0.39 is 0 Å². The van der Waals surface area contributed by atoms with Crippen LogP contribution in [0.2, 0.25) is 5.02 Å². The van der Waals surface area contributed by atoms with Gasteiger partial charge in [0.15, 0.2) is 0 Å². The number of amides is 2. The highest BCUT2D eigenvalue weighted by atomic mass is 35.5. The van der Waals surface area contributed by atoms with E-state index in [0.717, 1.165) is 24.1 Å². The number of hydrogen-bond acceptors (Lipinski definition) is 4. The highest BCUT2D eigenvalue weighted by Crippen LogP contribution is 2.34. The monoisotopic (exact) mass is 356 g/mol. The summed E-state index contributed by atoms with van der Waals surface area (Å²) in [5, 5.41) is 0.592. The molecule has 1 saturated carbocycles. The van der Waals surface area contributed by atoms with Crippen molar-refractivity contribution in [1.82, 2.24) is 14.9 Å². The van der Waals surface area contributed by atoms with Gasteiger partial charge in [-0.05, 0) is 36.6 Å². The van der Waals surface area contributed by atoms with Gasteiger partial charge in [-0.25, -0.2) is 4.98 Å². The summed E-state index contributed by atoms with van der Waals surface area (Å²) >= 11 is 6.17. The van der Waals surface area contributed by atoms with E-state index in [1.54, 1.807) is 11.0 Å². The average molecular weight is 357 g/mol. The van der Waals surface area contributed by atoms with Crippen LogP contribution in [0.25, 0.3) is 0 Å². The topological polar surface area (TPSA) is 66.4 Å². The molecule has 1 aliphatic carbocycles. The highest BCUT2D eigenvalue weighted by molar-refractivity contribution is 6.30. The minimum Gasteiger partial charge on any atom is -0.335 e. The Balaban J connectivity index is 1.74. The second-order valence-electron chi connectivity index (χ2n) is 6.32. The van der Waals surface area contributed by atoms with Crippen LogP contribution < -0.4 is 4.90 Å². The van der Waals surface area contributed by atoms with Crippen LogP contribution in [0.15, 0.2) is 36.8 Å². The Labute approximate surface area is 150 Å². The Hall–Kier alpha value is -2.47. The predicted molar refractivity (Wildman–Crippen MR) is 93.3 cm³/mol. The highest BCUT2D eigenvalue weighted by Gasteiger charge is 2.35. The molecule has 25 heavy (non-hydrogen) atoms. The first kappa shape index (κ1) is 16.0. The van der Waals surface area contributed by atoms with Crippen molar-refractivity contribution in [3.8, 4) is 0 Å². The molecule has 0 radical (unpaired) electrons. The maximum absolute atomic E-state index is 12.9. The van der Waals surface area contributed by atoms with Crippen molar-refractivity contribution < 1.29 is 9.59 Å². The third-order valence-corrected chi connectivity index (χ3v) is 4.79. The van der Waals surface area contributed by atoms with E-state index >= 15 is 0 Å². The van der Waals surface area contributed by atoms with Gasteiger partial charge >= 0.3 is 0 Å². The zero-order valence-corrected chi connectivity index (χ0v) is 14.3. The van der Waals surface area contributed by atoms with Gasteiger partial charge in [0.2, 0.25) is 5.91 Å². The molecule has 0 atom stereocenters. The fourth-order valence-electron chi connectivity index (χ4n) is 3.16. The minimum absolute atomic E-state index is 0.0741. The zero-order chi connectivity index (χ0) is 17.4. The van der Waals surface area contributed by atoms with E-state index in [1.165, 1.54) is 18.6 Å². The van der Waals surface area contributed by atoms with Crippen LogP contribution in [0.3, 0.4) is 0 Å². The van der Waals surface area contributed by atoms with Crippen LogP contribution in [-0.4, -0.2) is 39.3 Å². The molecule has 7 heteroatoms. The number of carbonyl (C=O) groups excluding carboxylic acids is 2. The maximum Gasteiger partial charge on any atom is 0.278 e. The van der Waals surface area contributed by atoms with Gasteiger partial charge in [0.05, 0.1) is 6.20 Å². The number of fused-ring (bicyclic) bond motifs is 1.